The molecule has 0 aromatic rings. The van der Waals surface area contributed by atoms with Crippen molar-refractivity contribution in [3.63, 3.8) is 0 Å². The van der Waals surface area contributed by atoms with E-state index in [9.17, 15) is 14.7 Å². The monoisotopic (exact) mass is 278 g/mol. The van der Waals surface area contributed by atoms with Gasteiger partial charge in [-0.2, -0.15) is 0 Å². The van der Waals surface area contributed by atoms with Gasteiger partial charge in [0.2, 0.25) is 0 Å². The molecule has 4 heteroatoms. The second-order valence-corrected chi connectivity index (χ2v) is 6.07. The molecular formula is C16H22O4. The molecule has 0 amide bonds. The third kappa shape index (κ3) is 3.29. The van der Waals surface area contributed by atoms with E-state index in [1.165, 1.54) is 13.2 Å². The largest absolute Gasteiger partial charge is 0.466 e. The molecule has 0 bridgehead atoms. The van der Waals surface area contributed by atoms with Crippen molar-refractivity contribution >= 4 is 11.8 Å². The second kappa shape index (κ2) is 5.80. The Morgan fingerprint density at radius 3 is 2.60 bits per heavy atom. The van der Waals surface area contributed by atoms with Crippen LogP contribution in [0, 0.1) is 23.2 Å². The standard InChI is InChI=1S/C16H22O4/c1-11(8-14(18)20-5)6-7-16(19)12(2)9-13(17)10-15(16,3)4/h8,12,19H,9-10H2,1-5H3/b11-8+. The Kier molecular flexibility index (Phi) is 4.77. The molecule has 1 N–H and O–H groups in total. The van der Waals surface area contributed by atoms with E-state index in [2.05, 4.69) is 16.6 Å². The molecule has 1 aliphatic carbocycles. The number of esters is 1. The van der Waals surface area contributed by atoms with Crippen molar-refractivity contribution in [1.82, 2.24) is 0 Å². The molecule has 0 aliphatic heterocycles. The fourth-order valence-electron chi connectivity index (χ4n) is 2.61. The number of carbonyl (C=O) groups is 2. The van der Waals surface area contributed by atoms with Crippen LogP contribution in [-0.2, 0) is 14.3 Å². The first kappa shape index (κ1) is 16.5. The third-order valence-corrected chi connectivity index (χ3v) is 3.90. The van der Waals surface area contributed by atoms with E-state index in [1.54, 1.807) is 6.92 Å². The topological polar surface area (TPSA) is 63.6 Å². The zero-order chi connectivity index (χ0) is 15.6. The maximum atomic E-state index is 11.7. The lowest BCUT2D eigenvalue weighted by atomic mass is 9.60. The highest BCUT2D eigenvalue weighted by Crippen LogP contribution is 2.45. The van der Waals surface area contributed by atoms with Crippen molar-refractivity contribution in [1.29, 1.82) is 0 Å². The third-order valence-electron chi connectivity index (χ3n) is 3.90. The number of aliphatic hydroxyl groups is 1. The Bertz CT molecular complexity index is 504. The highest BCUT2D eigenvalue weighted by Gasteiger charge is 2.51. The van der Waals surface area contributed by atoms with E-state index in [1.807, 2.05) is 20.8 Å². The maximum absolute atomic E-state index is 11.7. The van der Waals surface area contributed by atoms with Crippen LogP contribution < -0.4 is 0 Å². The molecule has 2 unspecified atom stereocenters. The van der Waals surface area contributed by atoms with Crippen LogP contribution in [0.25, 0.3) is 0 Å². The Morgan fingerprint density at radius 1 is 1.50 bits per heavy atom. The van der Waals surface area contributed by atoms with Gasteiger partial charge in [-0.1, -0.05) is 32.6 Å². The average Bonchev–Trinajstić information content (AvgIpc) is 2.32. The van der Waals surface area contributed by atoms with E-state index in [-0.39, 0.29) is 11.7 Å². The Balaban J connectivity index is 3.08. The molecule has 1 fully saturated rings. The minimum atomic E-state index is -1.24. The summed E-state index contributed by atoms with van der Waals surface area (Å²) < 4.78 is 4.52. The first-order valence-electron chi connectivity index (χ1n) is 6.66. The van der Waals surface area contributed by atoms with Crippen molar-refractivity contribution in [3.8, 4) is 11.8 Å². The Morgan fingerprint density at radius 2 is 2.10 bits per heavy atom. The molecule has 1 rings (SSSR count). The highest BCUT2D eigenvalue weighted by molar-refractivity contribution is 5.83. The molecule has 0 spiro atoms. The molecule has 0 aromatic heterocycles. The number of carbonyl (C=O) groups excluding carboxylic acids is 2. The van der Waals surface area contributed by atoms with Gasteiger partial charge >= 0.3 is 5.97 Å². The molecule has 2 atom stereocenters. The average molecular weight is 278 g/mol. The normalized spacial score (nSPS) is 29.4. The van der Waals surface area contributed by atoms with Crippen molar-refractivity contribution in [2.24, 2.45) is 11.3 Å². The SMILES string of the molecule is COC(=O)/C=C(\C)C#CC1(O)C(C)CC(=O)CC1(C)C. The van der Waals surface area contributed by atoms with Gasteiger partial charge in [0.25, 0.3) is 0 Å². The van der Waals surface area contributed by atoms with Crippen molar-refractivity contribution < 1.29 is 19.4 Å². The summed E-state index contributed by atoms with van der Waals surface area (Å²) in [5, 5.41) is 10.9. The van der Waals surface area contributed by atoms with Gasteiger partial charge in [0.15, 0.2) is 0 Å². The summed E-state index contributed by atoms with van der Waals surface area (Å²) in [6.07, 6.45) is 1.92. The van der Waals surface area contributed by atoms with Crippen LogP contribution in [0.4, 0.5) is 0 Å². The van der Waals surface area contributed by atoms with Gasteiger partial charge in [-0.05, 0) is 6.92 Å². The minimum Gasteiger partial charge on any atom is -0.466 e. The summed E-state index contributed by atoms with van der Waals surface area (Å²) in [5.41, 5.74) is -1.34. The number of ketones is 1. The van der Waals surface area contributed by atoms with E-state index in [0.29, 0.717) is 18.4 Å². The first-order valence-corrected chi connectivity index (χ1v) is 6.66. The van der Waals surface area contributed by atoms with E-state index in [0.717, 1.165) is 0 Å². The fraction of sp³-hybridized carbons (Fsp3) is 0.625. The number of allylic oxidation sites excluding steroid dienone is 1. The number of methoxy groups -OCH3 is 1. The van der Waals surface area contributed by atoms with Gasteiger partial charge in [0.1, 0.15) is 11.4 Å². The predicted octanol–water partition coefficient (Wildman–Crippen LogP) is 1.87. The molecule has 0 heterocycles. The highest BCUT2D eigenvalue weighted by atomic mass is 16.5. The summed E-state index contributed by atoms with van der Waals surface area (Å²) in [6, 6.07) is 0. The van der Waals surface area contributed by atoms with Gasteiger partial charge in [-0.15, -0.1) is 0 Å². The number of Topliss-reactive ketones (excluding diaryl/α,β-unsaturated/α-hetero) is 1. The molecule has 1 aliphatic rings. The van der Waals surface area contributed by atoms with Crippen LogP contribution in [0.15, 0.2) is 11.6 Å². The number of rotatable bonds is 1. The second-order valence-electron chi connectivity index (χ2n) is 6.07. The van der Waals surface area contributed by atoms with Crippen LogP contribution in [0.3, 0.4) is 0 Å². The fourth-order valence-corrected chi connectivity index (χ4v) is 2.61. The van der Waals surface area contributed by atoms with E-state index >= 15 is 0 Å². The van der Waals surface area contributed by atoms with Crippen molar-refractivity contribution in [3.05, 3.63) is 11.6 Å². The van der Waals surface area contributed by atoms with Gasteiger partial charge < -0.3 is 9.84 Å². The van der Waals surface area contributed by atoms with Gasteiger partial charge in [-0.3, -0.25) is 4.79 Å². The van der Waals surface area contributed by atoms with Gasteiger partial charge in [0, 0.05) is 35.8 Å². The number of hydrogen-bond donors (Lipinski definition) is 1. The zero-order valence-corrected chi connectivity index (χ0v) is 12.7. The molecule has 20 heavy (non-hydrogen) atoms. The van der Waals surface area contributed by atoms with Crippen LogP contribution in [0.2, 0.25) is 0 Å². The van der Waals surface area contributed by atoms with Crippen LogP contribution in [0.1, 0.15) is 40.5 Å². The lowest BCUT2D eigenvalue weighted by Gasteiger charge is -2.46. The molecule has 0 saturated heterocycles. The lowest BCUT2D eigenvalue weighted by molar-refractivity contribution is -0.140. The number of hydrogen-bond acceptors (Lipinski definition) is 4. The quantitative estimate of drug-likeness (QED) is 0.452. The smallest absolute Gasteiger partial charge is 0.331 e. The zero-order valence-electron chi connectivity index (χ0n) is 12.7. The molecule has 1 saturated carbocycles. The number of ether oxygens (including phenoxy) is 1. The summed E-state index contributed by atoms with van der Waals surface area (Å²) in [4.78, 5) is 22.8. The summed E-state index contributed by atoms with van der Waals surface area (Å²) in [7, 11) is 1.30. The Hall–Kier alpha value is -1.60. The van der Waals surface area contributed by atoms with E-state index < -0.39 is 17.0 Å². The van der Waals surface area contributed by atoms with Gasteiger partial charge in [0.05, 0.1) is 7.11 Å². The van der Waals surface area contributed by atoms with Crippen molar-refractivity contribution in [2.45, 2.75) is 46.1 Å². The molecule has 0 aromatic carbocycles. The Labute approximate surface area is 120 Å². The molecular weight excluding hydrogens is 256 g/mol. The van der Waals surface area contributed by atoms with Crippen LogP contribution in [-0.4, -0.2) is 29.6 Å². The summed E-state index contributed by atoms with van der Waals surface area (Å²) in [5.74, 6) is 5.11. The first-order chi connectivity index (χ1) is 9.12. The maximum Gasteiger partial charge on any atom is 0.331 e. The van der Waals surface area contributed by atoms with Gasteiger partial charge in [-0.25, -0.2) is 4.79 Å². The molecule has 0 radical (unpaired) electrons. The van der Waals surface area contributed by atoms with Crippen molar-refractivity contribution in [2.75, 3.05) is 7.11 Å². The predicted molar refractivity (Wildman–Crippen MR) is 75.7 cm³/mol. The minimum absolute atomic E-state index is 0.149. The van der Waals surface area contributed by atoms with Crippen LogP contribution in [0.5, 0.6) is 0 Å². The van der Waals surface area contributed by atoms with Crippen LogP contribution >= 0.6 is 0 Å². The lowest BCUT2D eigenvalue weighted by Crippen LogP contribution is -2.53. The molecule has 110 valence electrons. The summed E-state index contributed by atoms with van der Waals surface area (Å²) in [6.45, 7) is 7.19. The molecule has 4 nitrogen and oxygen atoms in total. The summed E-state index contributed by atoms with van der Waals surface area (Å²) >= 11 is 0. The van der Waals surface area contributed by atoms with E-state index in [4.69, 9.17) is 0 Å².